The molecule has 3 rings (SSSR count). The van der Waals surface area contributed by atoms with Crippen LogP contribution in [-0.2, 0) is 0 Å². The first-order chi connectivity index (χ1) is 11.1. The molecule has 1 aromatic carbocycles. The minimum Gasteiger partial charge on any atom is -0.378 e. The van der Waals surface area contributed by atoms with Gasteiger partial charge in [-0.3, -0.25) is 9.59 Å². The van der Waals surface area contributed by atoms with E-state index in [4.69, 9.17) is 0 Å². The van der Waals surface area contributed by atoms with Crippen molar-refractivity contribution >= 4 is 11.6 Å². The molecule has 1 amide bonds. The van der Waals surface area contributed by atoms with Crippen LogP contribution in [0, 0.1) is 0 Å². The van der Waals surface area contributed by atoms with Crippen molar-refractivity contribution in [3.05, 3.63) is 64.1 Å². The zero-order valence-electron chi connectivity index (χ0n) is 13.5. The summed E-state index contributed by atoms with van der Waals surface area (Å²) in [6.45, 7) is 0.745. The van der Waals surface area contributed by atoms with Gasteiger partial charge >= 0.3 is 0 Å². The summed E-state index contributed by atoms with van der Waals surface area (Å²) in [4.78, 5) is 30.5. The first-order valence-corrected chi connectivity index (χ1v) is 7.83. The van der Waals surface area contributed by atoms with Gasteiger partial charge in [-0.15, -0.1) is 0 Å². The number of hydrogen-bond acceptors (Lipinski definition) is 3. The molecule has 1 saturated heterocycles. The van der Waals surface area contributed by atoms with Crippen LogP contribution in [0.5, 0.6) is 0 Å². The lowest BCUT2D eigenvalue weighted by Gasteiger charge is -2.26. The Balaban J connectivity index is 1.88. The average Bonchev–Trinajstić information content (AvgIpc) is 3.04. The molecule has 0 spiro atoms. The molecule has 5 nitrogen and oxygen atoms in total. The number of nitrogens with zero attached hydrogens (tertiary/aromatic N) is 2. The number of nitrogens with one attached hydrogen (secondary N) is 1. The normalized spacial score (nSPS) is 17.3. The maximum Gasteiger partial charge on any atom is 0.255 e. The van der Waals surface area contributed by atoms with Gasteiger partial charge in [-0.25, -0.2) is 0 Å². The highest BCUT2D eigenvalue weighted by molar-refractivity contribution is 5.94. The van der Waals surface area contributed by atoms with Crippen molar-refractivity contribution in [2.75, 3.05) is 25.5 Å². The third-order valence-corrected chi connectivity index (χ3v) is 4.32. The van der Waals surface area contributed by atoms with E-state index in [9.17, 15) is 9.59 Å². The minimum absolute atomic E-state index is 0.0287. The Hall–Kier alpha value is -2.56. The maximum absolute atomic E-state index is 12.8. The summed E-state index contributed by atoms with van der Waals surface area (Å²) >= 11 is 0. The van der Waals surface area contributed by atoms with Crippen LogP contribution >= 0.6 is 0 Å². The van der Waals surface area contributed by atoms with Crippen LogP contribution in [0.2, 0.25) is 0 Å². The van der Waals surface area contributed by atoms with Crippen molar-refractivity contribution in [3.63, 3.8) is 0 Å². The number of benzene rings is 1. The van der Waals surface area contributed by atoms with E-state index >= 15 is 0 Å². The van der Waals surface area contributed by atoms with Crippen LogP contribution < -0.4 is 10.5 Å². The van der Waals surface area contributed by atoms with Crippen molar-refractivity contribution in [1.29, 1.82) is 0 Å². The SMILES string of the molecule is CN(C)c1cccc([C@@H]2CCCN2C(=O)c2ccc(=O)[nH]c2)c1. The molecule has 1 fully saturated rings. The summed E-state index contributed by atoms with van der Waals surface area (Å²) < 4.78 is 0. The molecule has 1 aliphatic heterocycles. The maximum atomic E-state index is 12.8. The fourth-order valence-corrected chi connectivity index (χ4v) is 3.08. The van der Waals surface area contributed by atoms with Crippen LogP contribution in [-0.4, -0.2) is 36.4 Å². The van der Waals surface area contributed by atoms with Gasteiger partial charge in [-0.2, -0.15) is 0 Å². The van der Waals surface area contributed by atoms with Crippen LogP contribution in [0.3, 0.4) is 0 Å². The molecule has 0 aliphatic carbocycles. The first kappa shape index (κ1) is 15.3. The molecule has 0 radical (unpaired) electrons. The van der Waals surface area contributed by atoms with Crippen molar-refractivity contribution in [1.82, 2.24) is 9.88 Å². The van der Waals surface area contributed by atoms with Gasteiger partial charge in [-0.05, 0) is 36.6 Å². The smallest absolute Gasteiger partial charge is 0.255 e. The lowest BCUT2D eigenvalue weighted by Crippen LogP contribution is -2.31. The topological polar surface area (TPSA) is 56.4 Å². The monoisotopic (exact) mass is 311 g/mol. The van der Waals surface area contributed by atoms with Crippen molar-refractivity contribution in [3.8, 4) is 0 Å². The molecule has 0 unspecified atom stereocenters. The van der Waals surface area contributed by atoms with Gasteiger partial charge < -0.3 is 14.8 Å². The van der Waals surface area contributed by atoms with Gasteiger partial charge in [0.05, 0.1) is 11.6 Å². The number of aromatic nitrogens is 1. The zero-order valence-corrected chi connectivity index (χ0v) is 13.5. The number of amides is 1. The average molecular weight is 311 g/mol. The Morgan fingerprint density at radius 2 is 2.09 bits per heavy atom. The molecular weight excluding hydrogens is 290 g/mol. The fraction of sp³-hybridized carbons (Fsp3) is 0.333. The van der Waals surface area contributed by atoms with E-state index in [1.54, 1.807) is 6.07 Å². The standard InChI is InChI=1S/C18H21N3O2/c1-20(2)15-6-3-5-13(11-15)16-7-4-10-21(16)18(23)14-8-9-17(22)19-12-14/h3,5-6,8-9,11-12,16H,4,7,10H2,1-2H3,(H,19,22)/t16-/m0/s1. The Morgan fingerprint density at radius 1 is 1.26 bits per heavy atom. The van der Waals surface area contributed by atoms with E-state index in [2.05, 4.69) is 28.1 Å². The van der Waals surface area contributed by atoms with Crippen LogP contribution in [0.1, 0.15) is 34.8 Å². The molecule has 2 aromatic rings. The predicted molar refractivity (Wildman–Crippen MR) is 90.8 cm³/mol. The van der Waals surface area contributed by atoms with E-state index in [1.807, 2.05) is 25.1 Å². The second-order valence-electron chi connectivity index (χ2n) is 6.09. The molecule has 1 atom stereocenters. The van der Waals surface area contributed by atoms with Gasteiger partial charge in [-0.1, -0.05) is 12.1 Å². The number of pyridine rings is 1. The number of rotatable bonds is 3. The highest BCUT2D eigenvalue weighted by atomic mass is 16.2. The summed E-state index contributed by atoms with van der Waals surface area (Å²) in [5, 5.41) is 0. The van der Waals surface area contributed by atoms with Gasteiger partial charge in [0.15, 0.2) is 0 Å². The summed E-state index contributed by atoms with van der Waals surface area (Å²) in [5.41, 5.74) is 2.62. The lowest BCUT2D eigenvalue weighted by atomic mass is 10.0. The summed E-state index contributed by atoms with van der Waals surface area (Å²) in [6, 6.07) is 11.4. The third kappa shape index (κ3) is 3.13. The number of anilines is 1. The van der Waals surface area contributed by atoms with Crippen molar-refractivity contribution in [2.24, 2.45) is 0 Å². The molecule has 23 heavy (non-hydrogen) atoms. The molecule has 2 heterocycles. The second kappa shape index (κ2) is 6.28. The third-order valence-electron chi connectivity index (χ3n) is 4.32. The first-order valence-electron chi connectivity index (χ1n) is 7.83. The molecule has 0 bridgehead atoms. The molecule has 1 aromatic heterocycles. The minimum atomic E-state index is -0.196. The highest BCUT2D eigenvalue weighted by Crippen LogP contribution is 2.34. The van der Waals surface area contributed by atoms with Crippen LogP contribution in [0.25, 0.3) is 0 Å². The summed E-state index contributed by atoms with van der Waals surface area (Å²) in [7, 11) is 4.02. The molecule has 5 heteroatoms. The molecular formula is C18H21N3O2. The fourth-order valence-electron chi connectivity index (χ4n) is 3.08. The van der Waals surface area contributed by atoms with Gasteiger partial charge in [0.2, 0.25) is 5.56 Å². The molecule has 0 saturated carbocycles. The number of carbonyl (C=O) groups is 1. The molecule has 1 N–H and O–H groups in total. The van der Waals surface area contributed by atoms with Gasteiger partial charge in [0.25, 0.3) is 5.91 Å². The molecule has 120 valence electrons. The van der Waals surface area contributed by atoms with Crippen molar-refractivity contribution in [2.45, 2.75) is 18.9 Å². The largest absolute Gasteiger partial charge is 0.378 e. The highest BCUT2D eigenvalue weighted by Gasteiger charge is 2.30. The number of likely N-dealkylation sites (tertiary alicyclic amines) is 1. The predicted octanol–water partition coefficient (Wildman–Crippen LogP) is 2.42. The Morgan fingerprint density at radius 3 is 2.78 bits per heavy atom. The van der Waals surface area contributed by atoms with Crippen LogP contribution in [0.4, 0.5) is 5.69 Å². The van der Waals surface area contributed by atoms with Crippen LogP contribution in [0.15, 0.2) is 47.4 Å². The Bertz CT molecular complexity index is 746. The quantitative estimate of drug-likeness (QED) is 0.947. The van der Waals surface area contributed by atoms with E-state index in [-0.39, 0.29) is 17.5 Å². The second-order valence-corrected chi connectivity index (χ2v) is 6.09. The van der Waals surface area contributed by atoms with E-state index in [0.29, 0.717) is 5.56 Å². The van der Waals surface area contributed by atoms with Gasteiger partial charge in [0, 0.05) is 38.6 Å². The Labute approximate surface area is 135 Å². The summed E-state index contributed by atoms with van der Waals surface area (Å²) in [6.07, 6.45) is 3.45. The lowest BCUT2D eigenvalue weighted by molar-refractivity contribution is 0.0735. The zero-order chi connectivity index (χ0) is 16.4. The number of H-pyrrole nitrogens is 1. The van der Waals surface area contributed by atoms with Gasteiger partial charge in [0.1, 0.15) is 0 Å². The van der Waals surface area contributed by atoms with E-state index in [1.165, 1.54) is 12.3 Å². The number of aromatic amines is 1. The number of carbonyl (C=O) groups excluding carboxylic acids is 1. The Kier molecular flexibility index (Phi) is 4.19. The molecule has 1 aliphatic rings. The van der Waals surface area contributed by atoms with Crippen molar-refractivity contribution < 1.29 is 4.79 Å². The van der Waals surface area contributed by atoms with E-state index < -0.39 is 0 Å². The van der Waals surface area contributed by atoms with E-state index in [0.717, 1.165) is 30.6 Å². The summed E-state index contributed by atoms with van der Waals surface area (Å²) in [5.74, 6) is -0.0287. The number of hydrogen-bond donors (Lipinski definition) is 1.